The van der Waals surface area contributed by atoms with Crippen LogP contribution in [0.1, 0.15) is 17.3 Å². The van der Waals surface area contributed by atoms with E-state index in [0.717, 1.165) is 10.8 Å². The second-order valence-corrected chi connectivity index (χ2v) is 3.76. The quantitative estimate of drug-likeness (QED) is 0.760. The lowest BCUT2D eigenvalue weighted by atomic mass is 10.0. The highest BCUT2D eigenvalue weighted by atomic mass is 16.5. The SMILES string of the molecule is COc1cccc2ccc(C(C)=O)c(OC)c12. The number of hydrogen-bond donors (Lipinski definition) is 0. The zero-order chi connectivity index (χ0) is 12.4. The minimum absolute atomic E-state index is 0.0188. The predicted octanol–water partition coefficient (Wildman–Crippen LogP) is 3.06. The number of ether oxygens (including phenoxy) is 2. The van der Waals surface area contributed by atoms with Crippen molar-refractivity contribution >= 4 is 16.6 Å². The van der Waals surface area contributed by atoms with E-state index < -0.39 is 0 Å². The fourth-order valence-corrected chi connectivity index (χ4v) is 1.97. The average Bonchev–Trinajstić information content (AvgIpc) is 2.36. The van der Waals surface area contributed by atoms with Crippen molar-refractivity contribution in [1.29, 1.82) is 0 Å². The molecule has 88 valence electrons. The van der Waals surface area contributed by atoms with Crippen LogP contribution in [0.3, 0.4) is 0 Å². The normalized spacial score (nSPS) is 10.3. The molecule has 0 aromatic heterocycles. The largest absolute Gasteiger partial charge is 0.496 e. The van der Waals surface area contributed by atoms with Crippen LogP contribution in [0.4, 0.5) is 0 Å². The van der Waals surface area contributed by atoms with Crippen molar-refractivity contribution < 1.29 is 14.3 Å². The standard InChI is InChI=1S/C14H14O3/c1-9(15)11-8-7-10-5-4-6-12(16-2)13(10)14(11)17-3/h4-8H,1-3H3. The molecule has 2 rings (SSSR count). The van der Waals surface area contributed by atoms with Crippen LogP contribution in [0.25, 0.3) is 10.8 Å². The number of rotatable bonds is 3. The predicted molar refractivity (Wildman–Crippen MR) is 67.1 cm³/mol. The van der Waals surface area contributed by atoms with E-state index in [1.165, 1.54) is 6.92 Å². The Bertz CT molecular complexity index is 573. The van der Waals surface area contributed by atoms with Gasteiger partial charge in [0, 0.05) is 0 Å². The molecule has 0 heterocycles. The summed E-state index contributed by atoms with van der Waals surface area (Å²) in [5.74, 6) is 1.27. The molecule has 0 aliphatic carbocycles. The van der Waals surface area contributed by atoms with Crippen molar-refractivity contribution in [3.05, 3.63) is 35.9 Å². The Labute approximate surface area is 100.0 Å². The maximum atomic E-state index is 11.5. The summed E-state index contributed by atoms with van der Waals surface area (Å²) in [6.45, 7) is 1.53. The fraction of sp³-hybridized carbons (Fsp3) is 0.214. The fourth-order valence-electron chi connectivity index (χ4n) is 1.97. The molecular weight excluding hydrogens is 216 g/mol. The number of carbonyl (C=O) groups is 1. The van der Waals surface area contributed by atoms with Crippen LogP contribution in [0.15, 0.2) is 30.3 Å². The molecule has 0 saturated carbocycles. The Balaban J connectivity index is 2.87. The third-order valence-electron chi connectivity index (χ3n) is 2.76. The van der Waals surface area contributed by atoms with Crippen molar-refractivity contribution in [3.8, 4) is 11.5 Å². The van der Waals surface area contributed by atoms with Gasteiger partial charge in [0.1, 0.15) is 11.5 Å². The van der Waals surface area contributed by atoms with Gasteiger partial charge in [0.25, 0.3) is 0 Å². The van der Waals surface area contributed by atoms with Crippen LogP contribution in [0.5, 0.6) is 11.5 Å². The van der Waals surface area contributed by atoms with Crippen LogP contribution < -0.4 is 9.47 Å². The van der Waals surface area contributed by atoms with Crippen LogP contribution in [-0.2, 0) is 0 Å². The second kappa shape index (κ2) is 4.45. The maximum absolute atomic E-state index is 11.5. The highest BCUT2D eigenvalue weighted by Crippen LogP contribution is 2.36. The van der Waals surface area contributed by atoms with E-state index in [1.807, 2.05) is 24.3 Å². The van der Waals surface area contributed by atoms with Gasteiger partial charge in [0.05, 0.1) is 25.2 Å². The zero-order valence-corrected chi connectivity index (χ0v) is 10.1. The third kappa shape index (κ3) is 1.84. The molecule has 3 heteroatoms. The van der Waals surface area contributed by atoms with Gasteiger partial charge in [-0.1, -0.05) is 18.2 Å². The molecule has 0 fully saturated rings. The first-order valence-electron chi connectivity index (χ1n) is 5.33. The Kier molecular flexibility index (Phi) is 3.00. The van der Waals surface area contributed by atoms with E-state index in [-0.39, 0.29) is 5.78 Å². The van der Waals surface area contributed by atoms with Gasteiger partial charge in [-0.25, -0.2) is 0 Å². The number of methoxy groups -OCH3 is 2. The van der Waals surface area contributed by atoms with E-state index in [4.69, 9.17) is 9.47 Å². The van der Waals surface area contributed by atoms with Gasteiger partial charge in [-0.05, 0) is 24.4 Å². The molecule has 0 amide bonds. The van der Waals surface area contributed by atoms with E-state index in [9.17, 15) is 4.79 Å². The minimum Gasteiger partial charge on any atom is -0.496 e. The molecule has 2 aromatic carbocycles. The molecule has 0 spiro atoms. The first-order valence-corrected chi connectivity index (χ1v) is 5.33. The van der Waals surface area contributed by atoms with Crippen molar-refractivity contribution in [2.45, 2.75) is 6.92 Å². The van der Waals surface area contributed by atoms with E-state index in [1.54, 1.807) is 20.3 Å². The molecule has 0 aliphatic heterocycles. The molecule has 3 nitrogen and oxygen atoms in total. The number of hydrogen-bond acceptors (Lipinski definition) is 3. The van der Waals surface area contributed by atoms with Crippen LogP contribution in [0, 0.1) is 0 Å². The molecule has 2 aromatic rings. The molecule has 0 radical (unpaired) electrons. The number of ketones is 1. The summed E-state index contributed by atoms with van der Waals surface area (Å²) in [5.41, 5.74) is 0.574. The first-order chi connectivity index (χ1) is 8.19. The van der Waals surface area contributed by atoms with Gasteiger partial charge in [-0.3, -0.25) is 4.79 Å². The van der Waals surface area contributed by atoms with Gasteiger partial charge in [0.15, 0.2) is 5.78 Å². The van der Waals surface area contributed by atoms with E-state index in [0.29, 0.717) is 17.1 Å². The molecule has 0 saturated heterocycles. The summed E-state index contributed by atoms with van der Waals surface area (Å²) in [6, 6.07) is 9.41. The lowest BCUT2D eigenvalue weighted by Crippen LogP contribution is -1.99. The summed E-state index contributed by atoms with van der Waals surface area (Å²) in [6.07, 6.45) is 0. The Morgan fingerprint density at radius 1 is 1.06 bits per heavy atom. The number of Topliss-reactive ketones (excluding diaryl/α,β-unsaturated/α-hetero) is 1. The van der Waals surface area contributed by atoms with Gasteiger partial charge in [-0.2, -0.15) is 0 Å². The molecule has 0 aliphatic rings. The molecule has 0 bridgehead atoms. The number of carbonyl (C=O) groups excluding carboxylic acids is 1. The summed E-state index contributed by atoms with van der Waals surface area (Å²) in [4.78, 5) is 11.5. The third-order valence-corrected chi connectivity index (χ3v) is 2.76. The highest BCUT2D eigenvalue weighted by molar-refractivity contribution is 6.05. The minimum atomic E-state index is -0.0188. The number of fused-ring (bicyclic) bond motifs is 1. The molecular formula is C14H14O3. The topological polar surface area (TPSA) is 35.5 Å². The Hall–Kier alpha value is -2.03. The van der Waals surface area contributed by atoms with Crippen molar-refractivity contribution in [1.82, 2.24) is 0 Å². The molecule has 0 atom stereocenters. The molecule has 0 N–H and O–H groups in total. The summed E-state index contributed by atoms with van der Waals surface area (Å²) >= 11 is 0. The monoisotopic (exact) mass is 230 g/mol. The van der Waals surface area contributed by atoms with Crippen LogP contribution in [0.2, 0.25) is 0 Å². The van der Waals surface area contributed by atoms with Crippen molar-refractivity contribution in [2.24, 2.45) is 0 Å². The number of benzene rings is 2. The van der Waals surface area contributed by atoms with Gasteiger partial charge in [-0.15, -0.1) is 0 Å². The maximum Gasteiger partial charge on any atom is 0.163 e. The van der Waals surface area contributed by atoms with Crippen molar-refractivity contribution in [2.75, 3.05) is 14.2 Å². The van der Waals surface area contributed by atoms with E-state index >= 15 is 0 Å². The smallest absolute Gasteiger partial charge is 0.163 e. The summed E-state index contributed by atoms with van der Waals surface area (Å²) in [5, 5.41) is 1.83. The summed E-state index contributed by atoms with van der Waals surface area (Å²) in [7, 11) is 3.17. The zero-order valence-electron chi connectivity index (χ0n) is 10.1. The first kappa shape index (κ1) is 11.5. The van der Waals surface area contributed by atoms with E-state index in [2.05, 4.69) is 0 Å². The Morgan fingerprint density at radius 2 is 1.82 bits per heavy atom. The summed E-state index contributed by atoms with van der Waals surface area (Å²) < 4.78 is 10.7. The van der Waals surface area contributed by atoms with Crippen LogP contribution >= 0.6 is 0 Å². The van der Waals surface area contributed by atoms with Gasteiger partial charge >= 0.3 is 0 Å². The van der Waals surface area contributed by atoms with Crippen LogP contribution in [-0.4, -0.2) is 20.0 Å². The second-order valence-electron chi connectivity index (χ2n) is 3.76. The average molecular weight is 230 g/mol. The highest BCUT2D eigenvalue weighted by Gasteiger charge is 2.14. The lowest BCUT2D eigenvalue weighted by Gasteiger charge is -2.12. The van der Waals surface area contributed by atoms with Gasteiger partial charge < -0.3 is 9.47 Å². The molecule has 17 heavy (non-hydrogen) atoms. The Morgan fingerprint density at radius 3 is 2.41 bits per heavy atom. The van der Waals surface area contributed by atoms with Gasteiger partial charge in [0.2, 0.25) is 0 Å². The molecule has 0 unspecified atom stereocenters. The lowest BCUT2D eigenvalue weighted by molar-refractivity contribution is 0.101. The van der Waals surface area contributed by atoms with Crippen molar-refractivity contribution in [3.63, 3.8) is 0 Å².